The Morgan fingerprint density at radius 2 is 1.64 bits per heavy atom. The number of nitrogens with zero attached hydrogens (tertiary/aromatic N) is 3. The lowest BCUT2D eigenvalue weighted by Gasteiger charge is -2.22. The van der Waals surface area contributed by atoms with Crippen LogP contribution < -0.4 is 20.7 Å². The minimum absolute atomic E-state index is 0.0138. The molecule has 208 valence electrons. The standard InChI is InChI=1S/C27H30ClF3N6O2/c1-4-25(2,3)15-32-21(38)17-5-11-20(12-6-17)33-22-34-23(36-24(35-22)39-16-27(29,30)31)37-26(13-14-26)18-7-9-19(28)10-8-18/h5-12H,4,13-16H2,1-3H3,(H,32,38)(H2,33,34,35,36,37). The molecule has 0 radical (unpaired) electrons. The number of rotatable bonds is 11. The molecule has 1 aliphatic carbocycles. The van der Waals surface area contributed by atoms with Crippen LogP contribution in [-0.4, -0.2) is 40.2 Å². The average molecular weight is 563 g/mol. The van der Waals surface area contributed by atoms with Gasteiger partial charge in [-0.3, -0.25) is 4.79 Å². The normalized spacial score (nSPS) is 14.4. The summed E-state index contributed by atoms with van der Waals surface area (Å²) in [6.45, 7) is 5.21. The molecule has 3 N–H and O–H groups in total. The molecular weight excluding hydrogens is 533 g/mol. The van der Waals surface area contributed by atoms with E-state index in [1.54, 1.807) is 36.4 Å². The topological polar surface area (TPSA) is 101 Å². The highest BCUT2D eigenvalue weighted by Crippen LogP contribution is 2.48. The lowest BCUT2D eigenvalue weighted by atomic mass is 9.90. The number of halogens is 4. The Bertz CT molecular complexity index is 1300. The Balaban J connectivity index is 1.51. The van der Waals surface area contributed by atoms with Crippen LogP contribution in [0.15, 0.2) is 48.5 Å². The smallest absolute Gasteiger partial charge is 0.422 e. The van der Waals surface area contributed by atoms with Gasteiger partial charge in [0, 0.05) is 22.8 Å². The predicted molar refractivity (Wildman–Crippen MR) is 143 cm³/mol. The monoisotopic (exact) mass is 562 g/mol. The summed E-state index contributed by atoms with van der Waals surface area (Å²) in [6.07, 6.45) is -2.08. The van der Waals surface area contributed by atoms with Gasteiger partial charge in [-0.15, -0.1) is 0 Å². The molecule has 1 fully saturated rings. The van der Waals surface area contributed by atoms with E-state index >= 15 is 0 Å². The van der Waals surface area contributed by atoms with Crippen LogP contribution >= 0.6 is 11.6 Å². The van der Waals surface area contributed by atoms with Crippen molar-refractivity contribution in [1.82, 2.24) is 20.3 Å². The maximum atomic E-state index is 12.8. The second-order valence-electron chi connectivity index (χ2n) is 10.3. The number of alkyl halides is 3. The number of anilines is 3. The molecule has 1 saturated carbocycles. The highest BCUT2D eigenvalue weighted by molar-refractivity contribution is 6.30. The molecule has 3 aromatic rings. The van der Waals surface area contributed by atoms with Crippen molar-refractivity contribution in [3.05, 3.63) is 64.7 Å². The SMILES string of the molecule is CCC(C)(C)CNC(=O)c1ccc(Nc2nc(NC3(c4ccc(Cl)cc4)CC3)nc(OCC(F)(F)F)n2)cc1. The van der Waals surface area contributed by atoms with Crippen molar-refractivity contribution in [3.8, 4) is 6.01 Å². The molecule has 1 aliphatic rings. The number of hydrogen-bond donors (Lipinski definition) is 3. The van der Waals surface area contributed by atoms with Crippen molar-refractivity contribution in [2.45, 2.75) is 51.7 Å². The molecule has 4 rings (SSSR count). The number of carbonyl (C=O) groups is 1. The zero-order chi connectivity index (χ0) is 28.3. The van der Waals surface area contributed by atoms with Crippen LogP contribution in [0, 0.1) is 5.41 Å². The predicted octanol–water partition coefficient (Wildman–Crippen LogP) is 6.48. The van der Waals surface area contributed by atoms with Gasteiger partial charge in [0.15, 0.2) is 6.61 Å². The second kappa shape index (κ2) is 11.3. The number of ether oxygens (including phenoxy) is 1. The Labute approximate surface area is 229 Å². The van der Waals surface area contributed by atoms with Gasteiger partial charge in [-0.05, 0) is 66.6 Å². The van der Waals surface area contributed by atoms with Crippen LogP contribution in [0.1, 0.15) is 56.0 Å². The van der Waals surface area contributed by atoms with Gasteiger partial charge in [-0.25, -0.2) is 0 Å². The molecule has 0 spiro atoms. The van der Waals surface area contributed by atoms with E-state index < -0.39 is 24.3 Å². The third-order valence-corrected chi connectivity index (χ3v) is 6.82. The van der Waals surface area contributed by atoms with Crippen LogP contribution in [0.2, 0.25) is 5.02 Å². The van der Waals surface area contributed by atoms with E-state index in [9.17, 15) is 18.0 Å². The molecule has 0 aliphatic heterocycles. The van der Waals surface area contributed by atoms with Crippen molar-refractivity contribution in [2.24, 2.45) is 5.41 Å². The van der Waals surface area contributed by atoms with Crippen LogP contribution in [0.4, 0.5) is 30.8 Å². The van der Waals surface area contributed by atoms with Crippen LogP contribution in [0.3, 0.4) is 0 Å². The molecular formula is C27H30ClF3N6O2. The maximum absolute atomic E-state index is 12.8. The van der Waals surface area contributed by atoms with E-state index in [1.165, 1.54) is 0 Å². The largest absolute Gasteiger partial charge is 0.454 e. The summed E-state index contributed by atoms with van der Waals surface area (Å²) in [5.41, 5.74) is 1.47. The Morgan fingerprint density at radius 1 is 1.00 bits per heavy atom. The van der Waals surface area contributed by atoms with Gasteiger partial charge in [0.1, 0.15) is 0 Å². The summed E-state index contributed by atoms with van der Waals surface area (Å²) < 4.78 is 43.2. The maximum Gasteiger partial charge on any atom is 0.422 e. The van der Waals surface area contributed by atoms with Crippen molar-refractivity contribution in [1.29, 1.82) is 0 Å². The minimum atomic E-state index is -4.56. The summed E-state index contributed by atoms with van der Waals surface area (Å²) in [4.78, 5) is 24.9. The van der Waals surface area contributed by atoms with Crippen molar-refractivity contribution in [3.63, 3.8) is 0 Å². The number of aromatic nitrogens is 3. The number of benzene rings is 2. The first-order valence-corrected chi connectivity index (χ1v) is 12.9. The number of nitrogens with one attached hydrogen (secondary N) is 3. The lowest BCUT2D eigenvalue weighted by Crippen LogP contribution is -2.33. The molecule has 0 saturated heterocycles. The van der Waals surface area contributed by atoms with Gasteiger partial charge in [-0.2, -0.15) is 28.1 Å². The molecule has 1 aromatic heterocycles. The van der Waals surface area contributed by atoms with E-state index in [4.69, 9.17) is 16.3 Å². The minimum Gasteiger partial charge on any atom is -0.454 e. The summed E-state index contributed by atoms with van der Waals surface area (Å²) in [6, 6.07) is 13.4. The zero-order valence-electron chi connectivity index (χ0n) is 21.8. The summed E-state index contributed by atoms with van der Waals surface area (Å²) in [5, 5.41) is 9.70. The number of hydrogen-bond acceptors (Lipinski definition) is 7. The first kappa shape index (κ1) is 28.4. The highest BCUT2D eigenvalue weighted by atomic mass is 35.5. The van der Waals surface area contributed by atoms with Crippen molar-refractivity contribution in [2.75, 3.05) is 23.8 Å². The fraction of sp³-hybridized carbons (Fsp3) is 0.407. The number of carbonyl (C=O) groups excluding carboxylic acids is 1. The van der Waals surface area contributed by atoms with E-state index in [2.05, 4.69) is 51.7 Å². The Hall–Kier alpha value is -3.60. The van der Waals surface area contributed by atoms with E-state index in [-0.39, 0.29) is 23.2 Å². The average Bonchev–Trinajstić information content (AvgIpc) is 3.67. The summed E-state index contributed by atoms with van der Waals surface area (Å²) in [7, 11) is 0. The lowest BCUT2D eigenvalue weighted by molar-refractivity contribution is -0.154. The van der Waals surface area contributed by atoms with E-state index in [0.717, 1.165) is 24.8 Å². The fourth-order valence-corrected chi connectivity index (χ4v) is 3.78. The molecule has 0 atom stereocenters. The van der Waals surface area contributed by atoms with E-state index in [1.807, 2.05) is 12.1 Å². The first-order valence-electron chi connectivity index (χ1n) is 12.5. The molecule has 0 unspecified atom stereocenters. The summed E-state index contributed by atoms with van der Waals surface area (Å²) >= 11 is 6.01. The first-order chi connectivity index (χ1) is 18.4. The van der Waals surface area contributed by atoms with Crippen LogP contribution in [0.25, 0.3) is 0 Å². The molecule has 0 bridgehead atoms. The van der Waals surface area contributed by atoms with Crippen LogP contribution in [-0.2, 0) is 5.54 Å². The molecule has 2 aromatic carbocycles. The Kier molecular flexibility index (Phi) is 8.20. The highest BCUT2D eigenvalue weighted by Gasteiger charge is 2.45. The Morgan fingerprint density at radius 3 is 2.23 bits per heavy atom. The van der Waals surface area contributed by atoms with Gasteiger partial charge in [0.05, 0.1) is 5.54 Å². The molecule has 1 amide bonds. The van der Waals surface area contributed by atoms with Gasteiger partial charge >= 0.3 is 12.2 Å². The van der Waals surface area contributed by atoms with Crippen molar-refractivity contribution < 1.29 is 22.7 Å². The van der Waals surface area contributed by atoms with Crippen molar-refractivity contribution >= 4 is 35.1 Å². The quantitative estimate of drug-likeness (QED) is 0.246. The molecule has 1 heterocycles. The van der Waals surface area contributed by atoms with Crippen LogP contribution in [0.5, 0.6) is 6.01 Å². The molecule has 8 nitrogen and oxygen atoms in total. The van der Waals surface area contributed by atoms with Gasteiger partial charge < -0.3 is 20.7 Å². The second-order valence-corrected chi connectivity index (χ2v) is 10.7. The number of amides is 1. The third-order valence-electron chi connectivity index (χ3n) is 6.57. The zero-order valence-corrected chi connectivity index (χ0v) is 22.6. The van der Waals surface area contributed by atoms with Gasteiger partial charge in [0.2, 0.25) is 11.9 Å². The van der Waals surface area contributed by atoms with Gasteiger partial charge in [-0.1, -0.05) is 44.5 Å². The summed E-state index contributed by atoms with van der Waals surface area (Å²) in [5.74, 6) is -0.153. The molecule has 39 heavy (non-hydrogen) atoms. The molecule has 12 heteroatoms. The van der Waals surface area contributed by atoms with Gasteiger partial charge in [0.25, 0.3) is 5.91 Å². The third kappa shape index (κ3) is 7.95. The van der Waals surface area contributed by atoms with E-state index in [0.29, 0.717) is 22.8 Å². The fourth-order valence-electron chi connectivity index (χ4n) is 3.65.